The fraction of sp³-hybridized carbons (Fsp3) is 0.118. The normalized spacial score (nSPS) is 10.3. The molecule has 0 fully saturated rings. The maximum absolute atomic E-state index is 9.12. The fourth-order valence-corrected chi connectivity index (χ4v) is 2.99. The molecule has 2 N–H and O–H groups in total. The highest BCUT2D eigenvalue weighted by Gasteiger charge is 2.14. The van der Waals surface area contributed by atoms with E-state index in [4.69, 9.17) is 11.0 Å². The highest BCUT2D eigenvalue weighted by atomic mass is 32.1. The van der Waals surface area contributed by atoms with Gasteiger partial charge in [0, 0.05) is 0 Å². The highest BCUT2D eigenvalue weighted by molar-refractivity contribution is 7.13. The van der Waals surface area contributed by atoms with E-state index in [1.165, 1.54) is 5.56 Å². The van der Waals surface area contributed by atoms with Gasteiger partial charge in [-0.25, -0.2) is 9.97 Å². The lowest BCUT2D eigenvalue weighted by Gasteiger charge is -2.09. The second-order valence-electron chi connectivity index (χ2n) is 4.83. The predicted molar refractivity (Wildman–Crippen MR) is 88.3 cm³/mol. The first-order chi connectivity index (χ1) is 10.8. The fourth-order valence-electron chi connectivity index (χ4n) is 2.26. The molecule has 0 aliphatic carbocycles. The van der Waals surface area contributed by atoms with Crippen molar-refractivity contribution in [1.29, 1.82) is 5.26 Å². The van der Waals surface area contributed by atoms with Crippen LogP contribution in [0.15, 0.2) is 47.8 Å². The molecule has 2 heterocycles. The van der Waals surface area contributed by atoms with Crippen LogP contribution in [0.3, 0.4) is 0 Å². The summed E-state index contributed by atoms with van der Waals surface area (Å²) in [5, 5.41) is 11.1. The number of nitrogens with zero attached hydrogens (tertiary/aromatic N) is 3. The second kappa shape index (κ2) is 6.37. The summed E-state index contributed by atoms with van der Waals surface area (Å²) in [5.41, 5.74) is 8.85. The maximum atomic E-state index is 9.12. The van der Waals surface area contributed by atoms with Crippen LogP contribution in [0, 0.1) is 11.3 Å². The zero-order valence-corrected chi connectivity index (χ0v) is 12.7. The molecule has 2 aromatic heterocycles. The molecule has 0 saturated heterocycles. The number of nitrogen functional groups attached to an aromatic ring is 1. The van der Waals surface area contributed by atoms with Gasteiger partial charge in [0.2, 0.25) is 0 Å². The Hall–Kier alpha value is -2.71. The summed E-state index contributed by atoms with van der Waals surface area (Å²) in [6, 6.07) is 16.2. The van der Waals surface area contributed by atoms with Crippen molar-refractivity contribution in [2.24, 2.45) is 0 Å². The molecule has 108 valence electrons. The molecule has 0 aliphatic heterocycles. The number of aryl methyl sites for hydroxylation is 2. The van der Waals surface area contributed by atoms with E-state index in [9.17, 15) is 0 Å². The minimum absolute atomic E-state index is 0.189. The van der Waals surface area contributed by atoms with Crippen molar-refractivity contribution in [3.63, 3.8) is 0 Å². The Morgan fingerprint density at radius 3 is 2.55 bits per heavy atom. The number of hydrogen-bond acceptors (Lipinski definition) is 5. The first-order valence-electron chi connectivity index (χ1n) is 6.92. The van der Waals surface area contributed by atoms with Crippen LogP contribution in [-0.4, -0.2) is 9.97 Å². The zero-order chi connectivity index (χ0) is 15.4. The summed E-state index contributed by atoms with van der Waals surface area (Å²) in [5.74, 6) is 0.189. The van der Waals surface area contributed by atoms with Crippen LogP contribution in [-0.2, 0) is 12.8 Å². The molecule has 0 saturated carbocycles. The molecule has 0 radical (unpaired) electrons. The van der Waals surface area contributed by atoms with Crippen LogP contribution < -0.4 is 5.73 Å². The Morgan fingerprint density at radius 1 is 1.05 bits per heavy atom. The number of aromatic nitrogens is 2. The number of rotatable bonds is 4. The van der Waals surface area contributed by atoms with Crippen LogP contribution in [0.1, 0.15) is 17.0 Å². The van der Waals surface area contributed by atoms with Gasteiger partial charge in [-0.05, 0) is 29.9 Å². The number of hydrogen-bond donors (Lipinski definition) is 1. The lowest BCUT2D eigenvalue weighted by Crippen LogP contribution is -2.06. The average Bonchev–Trinajstić information content (AvgIpc) is 3.08. The van der Waals surface area contributed by atoms with Gasteiger partial charge in [-0.2, -0.15) is 5.26 Å². The molecule has 0 bridgehead atoms. The Bertz CT molecular complexity index is 805. The van der Waals surface area contributed by atoms with Crippen molar-refractivity contribution >= 4 is 17.2 Å². The third-order valence-electron chi connectivity index (χ3n) is 3.35. The molecule has 1 aromatic carbocycles. The standard InChI is InChI=1S/C17H14N4S/c18-11-14-17(19)21-16(15-7-4-10-22-15)13(20-14)9-8-12-5-2-1-3-6-12/h1-7,10H,8-9H2,(H2,19,21). The summed E-state index contributed by atoms with van der Waals surface area (Å²) in [6.45, 7) is 0. The van der Waals surface area contributed by atoms with Gasteiger partial charge in [-0.3, -0.25) is 0 Å². The Kier molecular flexibility index (Phi) is 4.12. The lowest BCUT2D eigenvalue weighted by molar-refractivity contribution is 0.901. The van der Waals surface area contributed by atoms with Crippen molar-refractivity contribution in [3.8, 4) is 16.6 Å². The summed E-state index contributed by atoms with van der Waals surface area (Å²) in [4.78, 5) is 9.84. The largest absolute Gasteiger partial charge is 0.381 e. The Labute approximate surface area is 132 Å². The quantitative estimate of drug-likeness (QED) is 0.801. The monoisotopic (exact) mass is 306 g/mol. The summed E-state index contributed by atoms with van der Waals surface area (Å²) < 4.78 is 0. The molecule has 0 amide bonds. The first-order valence-corrected chi connectivity index (χ1v) is 7.80. The molecule has 3 aromatic rings. The predicted octanol–water partition coefficient (Wildman–Crippen LogP) is 3.44. The summed E-state index contributed by atoms with van der Waals surface area (Å²) in [6.07, 6.45) is 1.57. The Balaban J connectivity index is 1.96. The van der Waals surface area contributed by atoms with E-state index in [0.717, 1.165) is 29.1 Å². The van der Waals surface area contributed by atoms with Crippen LogP contribution in [0.25, 0.3) is 10.6 Å². The number of nitriles is 1. The molecule has 0 unspecified atom stereocenters. The van der Waals surface area contributed by atoms with Gasteiger partial charge in [0.1, 0.15) is 11.8 Å². The third-order valence-corrected chi connectivity index (χ3v) is 4.23. The molecule has 4 nitrogen and oxygen atoms in total. The van der Waals surface area contributed by atoms with E-state index in [0.29, 0.717) is 0 Å². The van der Waals surface area contributed by atoms with Crippen molar-refractivity contribution in [2.45, 2.75) is 12.8 Å². The third kappa shape index (κ3) is 2.97. The van der Waals surface area contributed by atoms with E-state index in [1.54, 1.807) is 11.3 Å². The van der Waals surface area contributed by atoms with Gasteiger partial charge in [0.25, 0.3) is 0 Å². The number of benzene rings is 1. The van der Waals surface area contributed by atoms with E-state index in [-0.39, 0.29) is 11.5 Å². The van der Waals surface area contributed by atoms with Crippen LogP contribution in [0.5, 0.6) is 0 Å². The molecule has 0 atom stereocenters. The topological polar surface area (TPSA) is 75.6 Å². The van der Waals surface area contributed by atoms with Gasteiger partial charge < -0.3 is 5.73 Å². The number of thiophene rings is 1. The van der Waals surface area contributed by atoms with Crippen LogP contribution in [0.2, 0.25) is 0 Å². The molecule has 3 rings (SSSR count). The van der Waals surface area contributed by atoms with E-state index in [1.807, 2.05) is 41.8 Å². The number of nitrogens with two attached hydrogens (primary N) is 1. The SMILES string of the molecule is N#Cc1nc(CCc2ccccc2)c(-c2cccs2)nc1N. The molecular formula is C17H14N4S. The van der Waals surface area contributed by atoms with Gasteiger partial charge in [0.05, 0.1) is 10.6 Å². The maximum Gasteiger partial charge on any atom is 0.183 e. The van der Waals surface area contributed by atoms with E-state index in [2.05, 4.69) is 22.1 Å². The van der Waals surface area contributed by atoms with Crippen LogP contribution in [0.4, 0.5) is 5.82 Å². The van der Waals surface area contributed by atoms with Crippen LogP contribution >= 0.6 is 11.3 Å². The summed E-state index contributed by atoms with van der Waals surface area (Å²) in [7, 11) is 0. The van der Waals surface area contributed by atoms with Gasteiger partial charge in [-0.15, -0.1) is 11.3 Å². The lowest BCUT2D eigenvalue weighted by atomic mass is 10.1. The molecule has 22 heavy (non-hydrogen) atoms. The molecule has 5 heteroatoms. The molecular weight excluding hydrogens is 292 g/mol. The minimum atomic E-state index is 0.189. The number of anilines is 1. The van der Waals surface area contributed by atoms with E-state index >= 15 is 0 Å². The summed E-state index contributed by atoms with van der Waals surface area (Å²) >= 11 is 1.59. The Morgan fingerprint density at radius 2 is 1.86 bits per heavy atom. The zero-order valence-electron chi connectivity index (χ0n) is 11.9. The van der Waals surface area contributed by atoms with Crippen molar-refractivity contribution in [2.75, 3.05) is 5.73 Å². The minimum Gasteiger partial charge on any atom is -0.381 e. The second-order valence-corrected chi connectivity index (χ2v) is 5.78. The van der Waals surface area contributed by atoms with Crippen molar-refractivity contribution in [1.82, 2.24) is 9.97 Å². The van der Waals surface area contributed by atoms with Gasteiger partial charge in [0.15, 0.2) is 11.5 Å². The van der Waals surface area contributed by atoms with E-state index < -0.39 is 0 Å². The van der Waals surface area contributed by atoms with Crippen molar-refractivity contribution in [3.05, 3.63) is 64.8 Å². The molecule has 0 aliphatic rings. The first kappa shape index (κ1) is 14.2. The van der Waals surface area contributed by atoms with Gasteiger partial charge in [-0.1, -0.05) is 36.4 Å². The van der Waals surface area contributed by atoms with Gasteiger partial charge >= 0.3 is 0 Å². The molecule has 0 spiro atoms. The highest BCUT2D eigenvalue weighted by Crippen LogP contribution is 2.27. The smallest absolute Gasteiger partial charge is 0.183 e. The van der Waals surface area contributed by atoms with Crippen molar-refractivity contribution < 1.29 is 0 Å². The average molecular weight is 306 g/mol.